The van der Waals surface area contributed by atoms with E-state index in [4.69, 9.17) is 5.11 Å². The molecule has 0 aromatic heterocycles. The third kappa shape index (κ3) is 1.88. The number of nitrogens with zero attached hydrogens (tertiary/aromatic N) is 1. The van der Waals surface area contributed by atoms with E-state index in [0.717, 1.165) is 0 Å². The summed E-state index contributed by atoms with van der Waals surface area (Å²) < 4.78 is 0. The Hall–Kier alpha value is -0.830. The second kappa shape index (κ2) is 4.21. The van der Waals surface area contributed by atoms with Crippen molar-refractivity contribution in [2.45, 2.75) is 27.7 Å². The Balaban J connectivity index is 2.74. The topological polar surface area (TPSA) is 40.5 Å². The molecular formula is C13H23NO2. The van der Waals surface area contributed by atoms with E-state index < -0.39 is 0 Å². The van der Waals surface area contributed by atoms with Gasteiger partial charge in [-0.25, -0.2) is 0 Å². The highest BCUT2D eigenvalue weighted by molar-refractivity contribution is 5.84. The van der Waals surface area contributed by atoms with Crippen molar-refractivity contribution in [2.75, 3.05) is 19.7 Å². The molecule has 3 heteroatoms. The maximum absolute atomic E-state index is 12.3. The van der Waals surface area contributed by atoms with E-state index in [1.807, 2.05) is 0 Å². The molecule has 1 fully saturated rings. The van der Waals surface area contributed by atoms with Gasteiger partial charge in [0, 0.05) is 19.0 Å². The minimum Gasteiger partial charge on any atom is -0.395 e. The normalized spacial score (nSPS) is 21.6. The SMILES string of the molecule is C=CCN(CCO)C(=O)C1C(C)(C)C1(C)C. The molecule has 0 aromatic carbocycles. The highest BCUT2D eigenvalue weighted by Crippen LogP contribution is 2.68. The lowest BCUT2D eigenvalue weighted by molar-refractivity contribution is -0.133. The molecule has 1 saturated carbocycles. The minimum absolute atomic E-state index is 0.00710. The Kier molecular flexibility index (Phi) is 3.48. The minimum atomic E-state index is 0.00710. The summed E-state index contributed by atoms with van der Waals surface area (Å²) in [5.74, 6) is 0.204. The van der Waals surface area contributed by atoms with Crippen LogP contribution < -0.4 is 0 Å². The molecule has 0 aromatic rings. The Labute approximate surface area is 98.1 Å². The molecule has 1 N–H and O–H groups in total. The van der Waals surface area contributed by atoms with Crippen molar-refractivity contribution in [3.63, 3.8) is 0 Å². The standard InChI is InChI=1S/C13H23NO2/c1-6-7-14(8-9-15)11(16)10-12(2,3)13(10,4)5/h6,10,15H,1,7-9H2,2-5H3. The molecular weight excluding hydrogens is 202 g/mol. The summed E-state index contributed by atoms with van der Waals surface area (Å²) in [6.45, 7) is 13.1. The summed E-state index contributed by atoms with van der Waals surface area (Å²) >= 11 is 0. The molecule has 16 heavy (non-hydrogen) atoms. The van der Waals surface area contributed by atoms with Crippen molar-refractivity contribution in [3.05, 3.63) is 12.7 Å². The molecule has 92 valence electrons. The van der Waals surface area contributed by atoms with E-state index in [2.05, 4.69) is 34.3 Å². The fourth-order valence-corrected chi connectivity index (χ4v) is 2.56. The quantitative estimate of drug-likeness (QED) is 0.723. The first kappa shape index (κ1) is 13.2. The van der Waals surface area contributed by atoms with Gasteiger partial charge in [0.2, 0.25) is 5.91 Å². The molecule has 1 aliphatic rings. The van der Waals surface area contributed by atoms with Crippen molar-refractivity contribution >= 4 is 5.91 Å². The Morgan fingerprint density at radius 1 is 1.38 bits per heavy atom. The first-order chi connectivity index (χ1) is 7.30. The van der Waals surface area contributed by atoms with E-state index in [-0.39, 0.29) is 29.3 Å². The molecule has 0 atom stereocenters. The van der Waals surface area contributed by atoms with Gasteiger partial charge in [0.05, 0.1) is 6.61 Å². The molecule has 0 bridgehead atoms. The van der Waals surface area contributed by atoms with Gasteiger partial charge in [0.15, 0.2) is 0 Å². The van der Waals surface area contributed by atoms with Crippen molar-refractivity contribution < 1.29 is 9.90 Å². The van der Waals surface area contributed by atoms with Gasteiger partial charge in [-0.2, -0.15) is 0 Å². The molecule has 1 aliphatic carbocycles. The van der Waals surface area contributed by atoms with Crippen LogP contribution in [-0.2, 0) is 4.79 Å². The van der Waals surface area contributed by atoms with Gasteiger partial charge in [0.25, 0.3) is 0 Å². The van der Waals surface area contributed by atoms with E-state index in [1.54, 1.807) is 11.0 Å². The summed E-state index contributed by atoms with van der Waals surface area (Å²) in [5.41, 5.74) is 0.109. The van der Waals surface area contributed by atoms with E-state index in [1.165, 1.54) is 0 Å². The van der Waals surface area contributed by atoms with Crippen LogP contribution in [0, 0.1) is 16.7 Å². The highest BCUT2D eigenvalue weighted by Gasteiger charge is 2.68. The third-order valence-corrected chi connectivity index (χ3v) is 4.30. The van der Waals surface area contributed by atoms with Crippen LogP contribution in [0.4, 0.5) is 0 Å². The van der Waals surface area contributed by atoms with E-state index >= 15 is 0 Å². The number of carbonyl (C=O) groups is 1. The molecule has 3 nitrogen and oxygen atoms in total. The van der Waals surface area contributed by atoms with Crippen LogP contribution in [-0.4, -0.2) is 35.6 Å². The number of hydrogen-bond acceptors (Lipinski definition) is 2. The van der Waals surface area contributed by atoms with Gasteiger partial charge in [-0.3, -0.25) is 4.79 Å². The molecule has 1 rings (SSSR count). The van der Waals surface area contributed by atoms with Crippen LogP contribution in [0.1, 0.15) is 27.7 Å². The maximum Gasteiger partial charge on any atom is 0.227 e. The monoisotopic (exact) mass is 225 g/mol. The predicted octanol–water partition coefficient (Wildman–Crippen LogP) is 1.68. The van der Waals surface area contributed by atoms with Crippen LogP contribution in [0.2, 0.25) is 0 Å². The molecule has 0 saturated heterocycles. The zero-order chi connectivity index (χ0) is 12.6. The summed E-state index contributed by atoms with van der Waals surface area (Å²) in [6, 6.07) is 0. The molecule has 0 spiro atoms. The van der Waals surface area contributed by atoms with Gasteiger partial charge in [-0.05, 0) is 10.8 Å². The zero-order valence-electron chi connectivity index (χ0n) is 10.8. The predicted molar refractivity (Wildman–Crippen MR) is 64.9 cm³/mol. The van der Waals surface area contributed by atoms with E-state index in [0.29, 0.717) is 13.1 Å². The first-order valence-corrected chi connectivity index (χ1v) is 5.81. The number of hydrogen-bond donors (Lipinski definition) is 1. The van der Waals surface area contributed by atoms with Gasteiger partial charge >= 0.3 is 0 Å². The smallest absolute Gasteiger partial charge is 0.227 e. The number of aliphatic hydroxyl groups excluding tert-OH is 1. The lowest BCUT2D eigenvalue weighted by Crippen LogP contribution is -2.36. The van der Waals surface area contributed by atoms with Crippen LogP contribution in [0.5, 0.6) is 0 Å². The van der Waals surface area contributed by atoms with E-state index in [9.17, 15) is 4.79 Å². The summed E-state index contributed by atoms with van der Waals surface area (Å²) in [6.07, 6.45) is 1.70. The highest BCUT2D eigenvalue weighted by atomic mass is 16.3. The van der Waals surface area contributed by atoms with Crippen molar-refractivity contribution in [3.8, 4) is 0 Å². The van der Waals surface area contributed by atoms with Crippen molar-refractivity contribution in [2.24, 2.45) is 16.7 Å². The average molecular weight is 225 g/mol. The van der Waals surface area contributed by atoms with Crippen LogP contribution in [0.15, 0.2) is 12.7 Å². The largest absolute Gasteiger partial charge is 0.395 e. The van der Waals surface area contributed by atoms with Gasteiger partial charge in [-0.15, -0.1) is 6.58 Å². The van der Waals surface area contributed by atoms with Crippen LogP contribution in [0.25, 0.3) is 0 Å². The van der Waals surface area contributed by atoms with Crippen molar-refractivity contribution in [1.82, 2.24) is 4.90 Å². The van der Waals surface area contributed by atoms with Gasteiger partial charge in [0.1, 0.15) is 0 Å². The fourth-order valence-electron chi connectivity index (χ4n) is 2.56. The molecule has 1 amide bonds. The lowest BCUT2D eigenvalue weighted by Gasteiger charge is -2.21. The van der Waals surface area contributed by atoms with Crippen molar-refractivity contribution in [1.29, 1.82) is 0 Å². The number of amides is 1. The van der Waals surface area contributed by atoms with Crippen LogP contribution >= 0.6 is 0 Å². The molecule has 0 radical (unpaired) electrons. The summed E-state index contributed by atoms with van der Waals surface area (Å²) in [7, 11) is 0. The second-order valence-corrected chi connectivity index (χ2v) is 5.67. The maximum atomic E-state index is 12.3. The lowest BCUT2D eigenvalue weighted by atomic mass is 10.0. The Bertz CT molecular complexity index is 280. The molecule has 0 aliphatic heterocycles. The van der Waals surface area contributed by atoms with Gasteiger partial charge in [-0.1, -0.05) is 33.8 Å². The van der Waals surface area contributed by atoms with Crippen LogP contribution in [0.3, 0.4) is 0 Å². The van der Waals surface area contributed by atoms with Gasteiger partial charge < -0.3 is 10.0 Å². The number of rotatable bonds is 5. The third-order valence-electron chi connectivity index (χ3n) is 4.30. The zero-order valence-corrected chi connectivity index (χ0v) is 10.8. The Morgan fingerprint density at radius 3 is 2.19 bits per heavy atom. The number of aliphatic hydroxyl groups is 1. The first-order valence-electron chi connectivity index (χ1n) is 5.81. The second-order valence-electron chi connectivity index (χ2n) is 5.67. The fraction of sp³-hybridized carbons (Fsp3) is 0.769. The summed E-state index contributed by atoms with van der Waals surface area (Å²) in [5, 5.41) is 8.95. The average Bonchev–Trinajstić information content (AvgIpc) is 2.56. The Morgan fingerprint density at radius 2 is 1.88 bits per heavy atom. The number of carbonyl (C=O) groups excluding carboxylic acids is 1. The molecule has 0 unspecified atom stereocenters. The molecule has 0 heterocycles. The summed E-state index contributed by atoms with van der Waals surface area (Å²) in [4.78, 5) is 14.0.